The van der Waals surface area contributed by atoms with Gasteiger partial charge in [0.2, 0.25) is 0 Å². The van der Waals surface area contributed by atoms with Gasteiger partial charge in [-0.2, -0.15) is 8.42 Å². The molecule has 0 saturated heterocycles. The van der Waals surface area contributed by atoms with Gasteiger partial charge in [0.05, 0.1) is 18.8 Å². The SMILES string of the molecule is CC(C)(C)OC(=O)N[C@H](C[C@H](CCCOS(C)(=O)=O)C(=O)OC(C)(C)C)C(=O)OC(C)(C)C. The van der Waals surface area contributed by atoms with E-state index in [-0.39, 0.29) is 25.9 Å². The van der Waals surface area contributed by atoms with Crippen LogP contribution in [0.15, 0.2) is 0 Å². The van der Waals surface area contributed by atoms with Crippen LogP contribution >= 0.6 is 0 Å². The van der Waals surface area contributed by atoms with Crippen molar-refractivity contribution in [2.75, 3.05) is 12.9 Å². The Bertz CT molecular complexity index is 771. The third-order valence-corrected chi connectivity index (χ3v) is 4.23. The molecule has 0 aromatic rings. The van der Waals surface area contributed by atoms with Crippen molar-refractivity contribution in [3.05, 3.63) is 0 Å². The molecule has 0 radical (unpaired) electrons. The Morgan fingerprint density at radius 1 is 0.788 bits per heavy atom. The van der Waals surface area contributed by atoms with Crippen molar-refractivity contribution >= 4 is 28.1 Å². The Hall–Kier alpha value is -1.88. The van der Waals surface area contributed by atoms with Gasteiger partial charge in [-0.1, -0.05) is 0 Å². The summed E-state index contributed by atoms with van der Waals surface area (Å²) in [5.41, 5.74) is -2.40. The molecule has 2 atom stereocenters. The van der Waals surface area contributed by atoms with E-state index in [0.717, 1.165) is 6.26 Å². The molecule has 0 fully saturated rings. The molecular formula is C22H41NO9S. The molecule has 0 rings (SSSR count). The van der Waals surface area contributed by atoms with Gasteiger partial charge in [0.15, 0.2) is 0 Å². The first-order valence-corrected chi connectivity index (χ1v) is 12.7. The van der Waals surface area contributed by atoms with Gasteiger partial charge in [0.1, 0.15) is 22.8 Å². The third kappa shape index (κ3) is 17.3. The number of nitrogens with one attached hydrogen (secondary N) is 1. The Morgan fingerprint density at radius 2 is 1.24 bits per heavy atom. The Labute approximate surface area is 198 Å². The van der Waals surface area contributed by atoms with Gasteiger partial charge in [-0.3, -0.25) is 8.98 Å². The number of rotatable bonds is 10. The molecule has 0 bridgehead atoms. The largest absolute Gasteiger partial charge is 0.460 e. The zero-order chi connectivity index (χ0) is 26.3. The van der Waals surface area contributed by atoms with Crippen molar-refractivity contribution in [1.82, 2.24) is 5.32 Å². The van der Waals surface area contributed by atoms with Crippen molar-refractivity contribution in [1.29, 1.82) is 0 Å². The summed E-state index contributed by atoms with van der Waals surface area (Å²) in [5.74, 6) is -2.14. The topological polar surface area (TPSA) is 134 Å². The first kappa shape index (κ1) is 31.1. The first-order valence-electron chi connectivity index (χ1n) is 10.9. The number of amides is 1. The zero-order valence-corrected chi connectivity index (χ0v) is 22.4. The van der Waals surface area contributed by atoms with E-state index in [4.69, 9.17) is 18.4 Å². The maximum absolute atomic E-state index is 12.8. The number of alkyl carbamates (subject to hydrolysis) is 1. The van der Waals surface area contributed by atoms with Crippen LogP contribution in [0.5, 0.6) is 0 Å². The van der Waals surface area contributed by atoms with Crippen LogP contribution < -0.4 is 5.32 Å². The Balaban J connectivity index is 5.66. The van der Waals surface area contributed by atoms with Crippen LogP contribution in [0.25, 0.3) is 0 Å². The lowest BCUT2D eigenvalue weighted by Crippen LogP contribution is -2.47. The fourth-order valence-electron chi connectivity index (χ4n) is 2.58. The van der Waals surface area contributed by atoms with Crippen molar-refractivity contribution in [2.24, 2.45) is 5.92 Å². The molecule has 0 aliphatic carbocycles. The fraction of sp³-hybridized carbons (Fsp3) is 0.864. The van der Waals surface area contributed by atoms with E-state index in [1.807, 2.05) is 0 Å². The summed E-state index contributed by atoms with van der Waals surface area (Å²) in [7, 11) is -3.63. The predicted octanol–water partition coefficient (Wildman–Crippen LogP) is 3.33. The Kier molecular flexibility index (Phi) is 11.3. The van der Waals surface area contributed by atoms with E-state index >= 15 is 0 Å². The molecule has 0 unspecified atom stereocenters. The molecule has 1 N–H and O–H groups in total. The summed E-state index contributed by atoms with van der Waals surface area (Å²) >= 11 is 0. The predicted molar refractivity (Wildman–Crippen MR) is 123 cm³/mol. The summed E-state index contributed by atoms with van der Waals surface area (Å²) in [4.78, 5) is 38.0. The van der Waals surface area contributed by atoms with E-state index < -0.39 is 56.9 Å². The minimum atomic E-state index is -3.63. The van der Waals surface area contributed by atoms with Crippen molar-refractivity contribution in [3.8, 4) is 0 Å². The minimum absolute atomic E-state index is 0.123. The van der Waals surface area contributed by atoms with Gasteiger partial charge in [-0.25, -0.2) is 9.59 Å². The van der Waals surface area contributed by atoms with Crippen molar-refractivity contribution < 1.29 is 41.2 Å². The number of ether oxygens (including phenoxy) is 3. The molecule has 0 aromatic heterocycles. The van der Waals surface area contributed by atoms with E-state index in [2.05, 4.69) is 5.32 Å². The molecule has 0 spiro atoms. The summed E-state index contributed by atoms with van der Waals surface area (Å²) in [6.45, 7) is 15.1. The van der Waals surface area contributed by atoms with Gasteiger partial charge in [-0.15, -0.1) is 0 Å². The average molecular weight is 496 g/mol. The number of carbonyl (C=O) groups is 3. The second-order valence-electron chi connectivity index (χ2n) is 10.9. The lowest BCUT2D eigenvalue weighted by atomic mass is 9.94. The highest BCUT2D eigenvalue weighted by Crippen LogP contribution is 2.22. The van der Waals surface area contributed by atoms with E-state index in [1.165, 1.54) is 0 Å². The van der Waals surface area contributed by atoms with Gasteiger partial charge < -0.3 is 19.5 Å². The monoisotopic (exact) mass is 495 g/mol. The van der Waals surface area contributed by atoms with Crippen LogP contribution in [0, 0.1) is 5.92 Å². The summed E-state index contributed by atoms with van der Waals surface area (Å²) in [6, 6.07) is -1.19. The smallest absolute Gasteiger partial charge is 0.408 e. The number of hydrogen-bond donors (Lipinski definition) is 1. The molecule has 0 aliphatic heterocycles. The molecule has 0 aromatic carbocycles. The maximum atomic E-state index is 12.8. The third-order valence-electron chi connectivity index (χ3n) is 3.64. The van der Waals surface area contributed by atoms with E-state index in [0.29, 0.717) is 0 Å². The Morgan fingerprint density at radius 3 is 1.67 bits per heavy atom. The second-order valence-corrected chi connectivity index (χ2v) is 12.5. The fourth-order valence-corrected chi connectivity index (χ4v) is 3.00. The normalized spacial score (nSPS) is 14.7. The van der Waals surface area contributed by atoms with Gasteiger partial charge in [0, 0.05) is 0 Å². The van der Waals surface area contributed by atoms with E-state index in [9.17, 15) is 22.8 Å². The minimum Gasteiger partial charge on any atom is -0.460 e. The molecule has 11 heteroatoms. The second kappa shape index (κ2) is 12.0. The lowest BCUT2D eigenvalue weighted by molar-refractivity contribution is -0.163. The van der Waals surface area contributed by atoms with Crippen molar-refractivity contribution in [2.45, 2.75) is 104 Å². The number of hydrogen-bond acceptors (Lipinski definition) is 9. The summed E-state index contributed by atoms with van der Waals surface area (Å²) < 4.78 is 43.3. The number of carbonyl (C=O) groups excluding carboxylic acids is 3. The van der Waals surface area contributed by atoms with Crippen LogP contribution in [0.3, 0.4) is 0 Å². The molecule has 0 saturated carbocycles. The van der Waals surface area contributed by atoms with Gasteiger partial charge in [0.25, 0.3) is 10.1 Å². The van der Waals surface area contributed by atoms with Crippen LogP contribution in [0.2, 0.25) is 0 Å². The summed E-state index contributed by atoms with van der Waals surface area (Å²) in [6.07, 6.45) is 0.357. The molecular weight excluding hydrogens is 454 g/mol. The molecule has 1 amide bonds. The molecule has 194 valence electrons. The maximum Gasteiger partial charge on any atom is 0.408 e. The average Bonchev–Trinajstić information content (AvgIpc) is 2.50. The highest BCUT2D eigenvalue weighted by Gasteiger charge is 2.34. The lowest BCUT2D eigenvalue weighted by Gasteiger charge is -2.29. The molecule has 0 heterocycles. The van der Waals surface area contributed by atoms with Crippen LogP contribution in [0.1, 0.15) is 81.6 Å². The van der Waals surface area contributed by atoms with Crippen LogP contribution in [0.4, 0.5) is 4.79 Å². The standard InChI is InChI=1S/C22H41NO9S/c1-20(2,3)30-17(24)15(12-11-13-29-33(10,27)28)14-16(18(25)31-21(4,5)6)23-19(26)32-22(7,8)9/h15-16H,11-14H2,1-10H3,(H,23,26)/t15-,16+/m0/s1. The quantitative estimate of drug-likeness (QED) is 0.209. The van der Waals surface area contributed by atoms with Gasteiger partial charge in [-0.05, 0) is 81.6 Å². The van der Waals surface area contributed by atoms with E-state index in [1.54, 1.807) is 62.3 Å². The highest BCUT2D eigenvalue weighted by molar-refractivity contribution is 7.85. The molecule has 10 nitrogen and oxygen atoms in total. The van der Waals surface area contributed by atoms with Crippen molar-refractivity contribution in [3.63, 3.8) is 0 Å². The first-order chi connectivity index (χ1) is 14.6. The zero-order valence-electron chi connectivity index (χ0n) is 21.6. The van der Waals surface area contributed by atoms with Gasteiger partial charge >= 0.3 is 18.0 Å². The number of esters is 2. The highest BCUT2D eigenvalue weighted by atomic mass is 32.2. The van der Waals surface area contributed by atoms with Crippen LogP contribution in [-0.2, 0) is 38.1 Å². The summed E-state index contributed by atoms with van der Waals surface area (Å²) in [5, 5.41) is 2.49. The molecule has 0 aliphatic rings. The molecule has 33 heavy (non-hydrogen) atoms. The van der Waals surface area contributed by atoms with Crippen LogP contribution in [-0.4, -0.2) is 62.2 Å².